The molecule has 0 unspecified atom stereocenters. The fourth-order valence-electron chi connectivity index (χ4n) is 0.855. The molecule has 1 aromatic carbocycles. The predicted octanol–water partition coefficient (Wildman–Crippen LogP) is 2.89. The van der Waals surface area contributed by atoms with Crippen molar-refractivity contribution >= 4 is 23.0 Å². The summed E-state index contributed by atoms with van der Waals surface area (Å²) in [7, 11) is 3.84. The molecule has 0 aliphatic rings. The van der Waals surface area contributed by atoms with Crippen LogP contribution in [0.2, 0.25) is 5.02 Å². The van der Waals surface area contributed by atoms with Gasteiger partial charge in [0, 0.05) is 25.8 Å². The molecular formula is C8H9ClN3+. The summed E-state index contributed by atoms with van der Waals surface area (Å²) in [4.78, 5) is 4.94. The van der Waals surface area contributed by atoms with Gasteiger partial charge in [0.05, 0.1) is 0 Å². The molecule has 0 saturated heterocycles. The van der Waals surface area contributed by atoms with Crippen LogP contribution in [0.4, 0.5) is 11.4 Å². The average Bonchev–Trinajstić information content (AvgIpc) is 2.04. The number of anilines is 1. The van der Waals surface area contributed by atoms with E-state index in [-0.39, 0.29) is 0 Å². The normalized spacial score (nSPS) is 9.17. The Labute approximate surface area is 76.2 Å². The first-order valence-electron chi connectivity index (χ1n) is 3.47. The third-order valence-electron chi connectivity index (χ3n) is 1.56. The lowest BCUT2D eigenvalue weighted by molar-refractivity contribution is 1.13. The molecule has 0 aromatic heterocycles. The molecular weight excluding hydrogens is 174 g/mol. The van der Waals surface area contributed by atoms with Crippen molar-refractivity contribution in [3.05, 3.63) is 28.2 Å². The number of nitrogens with zero attached hydrogens (tertiary/aromatic N) is 3. The van der Waals surface area contributed by atoms with Crippen molar-refractivity contribution in [3.63, 3.8) is 0 Å². The number of rotatable bonds is 1. The second-order valence-electron chi connectivity index (χ2n) is 2.63. The Balaban J connectivity index is 3.12. The van der Waals surface area contributed by atoms with Gasteiger partial charge in [-0.1, -0.05) is 11.6 Å². The van der Waals surface area contributed by atoms with Gasteiger partial charge in [0.2, 0.25) is 5.39 Å². The molecule has 1 aromatic rings. The smallest absolute Gasteiger partial charge is 0.378 e. The highest BCUT2D eigenvalue weighted by Crippen LogP contribution is 2.28. The molecule has 0 radical (unpaired) electrons. The van der Waals surface area contributed by atoms with Crippen LogP contribution in [0.25, 0.3) is 4.98 Å². The quantitative estimate of drug-likeness (QED) is 0.626. The summed E-state index contributed by atoms with van der Waals surface area (Å²) in [6, 6.07) is 5.25. The standard InChI is InChI=1S/C8H9ClN3/c1-12(2)6-3-4-8(11-10)7(9)5-6/h3-5H,1-2H3/q+1. The van der Waals surface area contributed by atoms with Crippen LogP contribution in [-0.2, 0) is 0 Å². The zero-order valence-corrected chi connectivity index (χ0v) is 7.71. The first-order chi connectivity index (χ1) is 5.65. The zero-order chi connectivity index (χ0) is 9.14. The molecule has 0 aliphatic heterocycles. The van der Waals surface area contributed by atoms with E-state index < -0.39 is 0 Å². The van der Waals surface area contributed by atoms with Crippen molar-refractivity contribution in [1.82, 2.24) is 0 Å². The Bertz CT molecular complexity index is 328. The Morgan fingerprint density at radius 1 is 1.42 bits per heavy atom. The highest BCUT2D eigenvalue weighted by Gasteiger charge is 2.11. The SMILES string of the molecule is CN(C)c1ccc([N+]#N)c(Cl)c1. The van der Waals surface area contributed by atoms with E-state index in [2.05, 4.69) is 4.98 Å². The van der Waals surface area contributed by atoms with Crippen LogP contribution in [-0.4, -0.2) is 14.1 Å². The second-order valence-corrected chi connectivity index (χ2v) is 3.04. The van der Waals surface area contributed by atoms with E-state index in [4.69, 9.17) is 17.0 Å². The Morgan fingerprint density at radius 2 is 2.08 bits per heavy atom. The summed E-state index contributed by atoms with van der Waals surface area (Å²) < 4.78 is 0. The molecule has 0 fully saturated rings. The van der Waals surface area contributed by atoms with Gasteiger partial charge in [-0.05, 0) is 12.1 Å². The number of diazo groups is 1. The lowest BCUT2D eigenvalue weighted by Crippen LogP contribution is -2.07. The summed E-state index contributed by atoms with van der Waals surface area (Å²) in [6.45, 7) is 0. The number of hydrogen-bond donors (Lipinski definition) is 0. The van der Waals surface area contributed by atoms with Crippen molar-refractivity contribution in [3.8, 4) is 0 Å². The molecule has 0 atom stereocenters. The average molecular weight is 183 g/mol. The lowest BCUT2D eigenvalue weighted by Gasteiger charge is -2.10. The predicted molar refractivity (Wildman–Crippen MR) is 50.5 cm³/mol. The van der Waals surface area contributed by atoms with Gasteiger partial charge in [-0.3, -0.25) is 0 Å². The molecule has 0 bridgehead atoms. The van der Waals surface area contributed by atoms with E-state index in [1.54, 1.807) is 12.1 Å². The first-order valence-corrected chi connectivity index (χ1v) is 3.85. The van der Waals surface area contributed by atoms with Gasteiger partial charge in [-0.25, -0.2) is 0 Å². The Morgan fingerprint density at radius 3 is 2.50 bits per heavy atom. The fraction of sp³-hybridized carbons (Fsp3) is 0.250. The Kier molecular flexibility index (Phi) is 2.51. The maximum Gasteiger partial charge on any atom is 0.403 e. The summed E-state index contributed by atoms with van der Waals surface area (Å²) in [6.07, 6.45) is 0. The van der Waals surface area contributed by atoms with Crippen molar-refractivity contribution < 1.29 is 0 Å². The monoisotopic (exact) mass is 182 g/mol. The lowest BCUT2D eigenvalue weighted by atomic mass is 10.3. The van der Waals surface area contributed by atoms with Crippen LogP contribution in [0.5, 0.6) is 0 Å². The highest BCUT2D eigenvalue weighted by molar-refractivity contribution is 6.33. The molecule has 62 valence electrons. The molecule has 12 heavy (non-hydrogen) atoms. The third kappa shape index (κ3) is 1.66. The van der Waals surface area contributed by atoms with Gasteiger partial charge in [0.15, 0.2) is 4.98 Å². The van der Waals surface area contributed by atoms with Gasteiger partial charge >= 0.3 is 5.69 Å². The molecule has 0 heterocycles. The topological polar surface area (TPSA) is 31.4 Å². The molecule has 0 spiro atoms. The zero-order valence-electron chi connectivity index (χ0n) is 6.95. The van der Waals surface area contributed by atoms with Crippen LogP contribution in [0.3, 0.4) is 0 Å². The molecule has 0 N–H and O–H groups in total. The summed E-state index contributed by atoms with van der Waals surface area (Å²) >= 11 is 5.79. The van der Waals surface area contributed by atoms with Crippen molar-refractivity contribution in [2.45, 2.75) is 0 Å². The molecule has 3 nitrogen and oxygen atoms in total. The van der Waals surface area contributed by atoms with E-state index in [9.17, 15) is 0 Å². The van der Waals surface area contributed by atoms with E-state index in [1.165, 1.54) is 0 Å². The maximum absolute atomic E-state index is 8.47. The number of halogens is 1. The fourth-order valence-corrected chi connectivity index (χ4v) is 1.07. The van der Waals surface area contributed by atoms with Crippen LogP contribution in [0.1, 0.15) is 0 Å². The largest absolute Gasteiger partial charge is 0.403 e. The van der Waals surface area contributed by atoms with Gasteiger partial charge in [-0.15, -0.1) is 0 Å². The molecule has 0 amide bonds. The van der Waals surface area contributed by atoms with Crippen molar-refractivity contribution in [2.75, 3.05) is 19.0 Å². The van der Waals surface area contributed by atoms with Crippen molar-refractivity contribution in [1.29, 1.82) is 5.39 Å². The molecule has 0 aliphatic carbocycles. The van der Waals surface area contributed by atoms with Gasteiger partial charge < -0.3 is 4.90 Å². The summed E-state index contributed by atoms with van der Waals surface area (Å²) in [5.74, 6) is 0. The maximum atomic E-state index is 8.47. The molecule has 1 rings (SSSR count). The molecule has 0 saturated carbocycles. The van der Waals surface area contributed by atoms with Crippen molar-refractivity contribution in [2.24, 2.45) is 0 Å². The van der Waals surface area contributed by atoms with E-state index >= 15 is 0 Å². The third-order valence-corrected chi connectivity index (χ3v) is 1.86. The van der Waals surface area contributed by atoms with E-state index in [1.807, 2.05) is 25.1 Å². The van der Waals surface area contributed by atoms with Crippen LogP contribution in [0.15, 0.2) is 18.2 Å². The van der Waals surface area contributed by atoms with Gasteiger partial charge in [0.25, 0.3) is 0 Å². The summed E-state index contributed by atoms with van der Waals surface area (Å²) in [5, 5.41) is 8.92. The minimum atomic E-state index is 0.391. The minimum Gasteiger partial charge on any atom is -0.378 e. The van der Waals surface area contributed by atoms with E-state index in [0.29, 0.717) is 10.7 Å². The number of hydrogen-bond acceptors (Lipinski definition) is 2. The highest BCUT2D eigenvalue weighted by atomic mass is 35.5. The van der Waals surface area contributed by atoms with Crippen LogP contribution < -0.4 is 4.90 Å². The molecule has 4 heteroatoms. The second kappa shape index (κ2) is 3.42. The Hall–Kier alpha value is -1.27. The minimum absolute atomic E-state index is 0.391. The first kappa shape index (κ1) is 8.82. The van der Waals surface area contributed by atoms with Gasteiger partial charge in [-0.2, -0.15) is 0 Å². The van der Waals surface area contributed by atoms with Gasteiger partial charge in [0.1, 0.15) is 5.02 Å². The number of benzene rings is 1. The van der Waals surface area contributed by atoms with Crippen LogP contribution in [0, 0.1) is 5.39 Å². The summed E-state index contributed by atoms with van der Waals surface area (Å²) in [5.41, 5.74) is 1.37. The van der Waals surface area contributed by atoms with Crippen LogP contribution >= 0.6 is 11.6 Å². The van der Waals surface area contributed by atoms with E-state index in [0.717, 1.165) is 5.69 Å².